The molecule has 140 valence electrons. The summed E-state index contributed by atoms with van der Waals surface area (Å²) in [5.74, 6) is 0.437. The number of hydrogen-bond donors (Lipinski definition) is 3. The van der Waals surface area contributed by atoms with E-state index in [2.05, 4.69) is 10.3 Å². The number of aliphatic hydroxyl groups excluding tert-OH is 2. The van der Waals surface area contributed by atoms with Gasteiger partial charge in [0.25, 0.3) is 0 Å². The number of alkyl carbamates (subject to hydrolysis) is 1. The molecule has 0 radical (unpaired) electrons. The lowest BCUT2D eigenvalue weighted by molar-refractivity contribution is 0.0760. The van der Waals surface area contributed by atoms with Crippen LogP contribution < -0.4 is 10.1 Å². The number of aromatic nitrogens is 1. The highest BCUT2D eigenvalue weighted by Crippen LogP contribution is 2.19. The van der Waals surface area contributed by atoms with E-state index < -0.39 is 24.8 Å². The molecule has 0 spiro atoms. The first kappa shape index (κ1) is 19.7. The maximum atomic E-state index is 11.9. The highest BCUT2D eigenvalue weighted by molar-refractivity contribution is 5.67. The van der Waals surface area contributed by atoms with Crippen molar-refractivity contribution in [3.63, 3.8) is 0 Å². The minimum absolute atomic E-state index is 0.00971. The lowest BCUT2D eigenvalue weighted by atomic mass is 10.1. The van der Waals surface area contributed by atoms with Crippen LogP contribution in [0.4, 0.5) is 4.79 Å². The molecule has 3 N–H and O–H groups in total. The fourth-order valence-electron chi connectivity index (χ4n) is 2.25. The van der Waals surface area contributed by atoms with E-state index in [-0.39, 0.29) is 12.7 Å². The molecule has 7 nitrogen and oxygen atoms in total. The summed E-state index contributed by atoms with van der Waals surface area (Å²) in [6.07, 6.45) is -0.420. The zero-order valence-electron chi connectivity index (χ0n) is 14.8. The molecule has 1 unspecified atom stereocenters. The number of benzene rings is 1. The predicted octanol–water partition coefficient (Wildman–Crippen LogP) is 2.19. The van der Waals surface area contributed by atoms with Crippen LogP contribution in [0.25, 0.3) is 0 Å². The Hall–Kier alpha value is -2.64. The fraction of sp³-hybridized carbons (Fsp3) is 0.368. The number of nitrogens with zero attached hydrogens (tertiary/aromatic N) is 1. The summed E-state index contributed by atoms with van der Waals surface area (Å²) in [6.45, 7) is 3.42. The number of ether oxygens (including phenoxy) is 2. The summed E-state index contributed by atoms with van der Waals surface area (Å²) in [6, 6.07) is 11.6. The van der Waals surface area contributed by atoms with Gasteiger partial charge in [0.05, 0.1) is 18.8 Å². The van der Waals surface area contributed by atoms with E-state index in [0.717, 1.165) is 5.56 Å². The molecule has 0 aliphatic carbocycles. The van der Waals surface area contributed by atoms with Gasteiger partial charge in [-0.15, -0.1) is 0 Å². The lowest BCUT2D eigenvalue weighted by Gasteiger charge is -2.22. The molecule has 0 bridgehead atoms. The molecule has 0 aliphatic heterocycles. The van der Waals surface area contributed by atoms with Crippen LogP contribution in [-0.2, 0) is 11.3 Å². The Balaban J connectivity index is 1.90. The van der Waals surface area contributed by atoms with Crippen molar-refractivity contribution in [3.8, 4) is 5.88 Å². The van der Waals surface area contributed by atoms with Gasteiger partial charge in [-0.05, 0) is 25.5 Å². The second-order valence-corrected chi connectivity index (χ2v) is 6.04. The summed E-state index contributed by atoms with van der Waals surface area (Å²) < 4.78 is 10.5. The zero-order chi connectivity index (χ0) is 18.9. The van der Waals surface area contributed by atoms with Crippen molar-refractivity contribution < 1.29 is 24.5 Å². The molecule has 0 saturated carbocycles. The van der Waals surface area contributed by atoms with Crippen molar-refractivity contribution in [3.05, 3.63) is 59.8 Å². The van der Waals surface area contributed by atoms with Crippen molar-refractivity contribution in [1.29, 1.82) is 0 Å². The number of carbonyl (C=O) groups is 1. The van der Waals surface area contributed by atoms with E-state index in [1.165, 1.54) is 6.20 Å². The van der Waals surface area contributed by atoms with Crippen molar-refractivity contribution in [2.24, 2.45) is 0 Å². The third-order valence-electron chi connectivity index (χ3n) is 3.55. The third-order valence-corrected chi connectivity index (χ3v) is 3.55. The molecule has 1 heterocycles. The topological polar surface area (TPSA) is 101 Å². The molecule has 0 aliphatic rings. The average molecular weight is 360 g/mol. The SMILES string of the molecule is CC(C)Oc1ccc(C(O)[C@@H](CO)NC(=O)OCc2ccccc2)cn1. The van der Waals surface area contributed by atoms with Crippen LogP contribution in [0.2, 0.25) is 0 Å². The average Bonchev–Trinajstić information content (AvgIpc) is 2.65. The van der Waals surface area contributed by atoms with Crippen molar-refractivity contribution >= 4 is 6.09 Å². The van der Waals surface area contributed by atoms with Gasteiger partial charge >= 0.3 is 6.09 Å². The Morgan fingerprint density at radius 1 is 1.19 bits per heavy atom. The van der Waals surface area contributed by atoms with E-state index in [1.807, 2.05) is 44.2 Å². The van der Waals surface area contributed by atoms with Gasteiger partial charge in [-0.25, -0.2) is 9.78 Å². The van der Waals surface area contributed by atoms with E-state index in [9.17, 15) is 15.0 Å². The van der Waals surface area contributed by atoms with Crippen LogP contribution in [0.15, 0.2) is 48.7 Å². The van der Waals surface area contributed by atoms with E-state index in [1.54, 1.807) is 12.1 Å². The van der Waals surface area contributed by atoms with Gasteiger partial charge in [0.1, 0.15) is 12.7 Å². The summed E-state index contributed by atoms with van der Waals surface area (Å²) in [5, 5.41) is 22.3. The van der Waals surface area contributed by atoms with Gasteiger partial charge in [0.2, 0.25) is 5.88 Å². The van der Waals surface area contributed by atoms with E-state index in [4.69, 9.17) is 9.47 Å². The summed E-state index contributed by atoms with van der Waals surface area (Å²) in [7, 11) is 0. The molecule has 2 aromatic rings. The first-order valence-corrected chi connectivity index (χ1v) is 8.38. The monoisotopic (exact) mass is 360 g/mol. The van der Waals surface area contributed by atoms with E-state index in [0.29, 0.717) is 11.4 Å². The smallest absolute Gasteiger partial charge is 0.407 e. The summed E-state index contributed by atoms with van der Waals surface area (Å²) >= 11 is 0. The normalized spacial score (nSPS) is 13.1. The third kappa shape index (κ3) is 6.02. The van der Waals surface area contributed by atoms with Crippen LogP contribution in [0.5, 0.6) is 5.88 Å². The number of amides is 1. The van der Waals surface area contributed by atoms with Crippen LogP contribution in [-0.4, -0.2) is 40.0 Å². The zero-order valence-corrected chi connectivity index (χ0v) is 14.8. The van der Waals surface area contributed by atoms with Gasteiger partial charge in [-0.1, -0.05) is 30.3 Å². The Kier molecular flexibility index (Phi) is 7.37. The molecular weight excluding hydrogens is 336 g/mol. The minimum Gasteiger partial charge on any atom is -0.475 e. The summed E-state index contributed by atoms with van der Waals surface area (Å²) in [5.41, 5.74) is 1.29. The highest BCUT2D eigenvalue weighted by Gasteiger charge is 2.23. The molecule has 26 heavy (non-hydrogen) atoms. The molecular formula is C19H24N2O5. The first-order chi connectivity index (χ1) is 12.5. The summed E-state index contributed by atoms with van der Waals surface area (Å²) in [4.78, 5) is 16.0. The first-order valence-electron chi connectivity index (χ1n) is 8.38. The van der Waals surface area contributed by atoms with Gasteiger partial charge in [0.15, 0.2) is 0 Å². The molecule has 7 heteroatoms. The van der Waals surface area contributed by atoms with Crippen LogP contribution in [0, 0.1) is 0 Å². The molecule has 1 aromatic carbocycles. The second-order valence-electron chi connectivity index (χ2n) is 6.04. The molecule has 2 rings (SSSR count). The maximum Gasteiger partial charge on any atom is 0.407 e. The minimum atomic E-state index is -1.13. The Morgan fingerprint density at radius 3 is 2.50 bits per heavy atom. The Labute approximate surface area is 152 Å². The fourth-order valence-corrected chi connectivity index (χ4v) is 2.25. The lowest BCUT2D eigenvalue weighted by Crippen LogP contribution is -2.42. The quantitative estimate of drug-likeness (QED) is 0.667. The van der Waals surface area contributed by atoms with Gasteiger partial charge < -0.3 is 25.0 Å². The predicted molar refractivity (Wildman–Crippen MR) is 95.6 cm³/mol. The second kappa shape index (κ2) is 9.74. The van der Waals surface area contributed by atoms with E-state index >= 15 is 0 Å². The largest absolute Gasteiger partial charge is 0.475 e. The Bertz CT molecular complexity index is 676. The standard InChI is InChI=1S/C19H24N2O5/c1-13(2)26-17-9-8-15(10-20-17)18(23)16(11-22)21-19(24)25-12-14-6-4-3-5-7-14/h3-10,13,16,18,22-23H,11-12H2,1-2H3,(H,21,24)/t16-,18?/m1/s1. The molecule has 0 fully saturated rings. The van der Waals surface area contributed by atoms with Gasteiger partial charge in [0, 0.05) is 17.8 Å². The van der Waals surface area contributed by atoms with Crippen LogP contribution >= 0.6 is 0 Å². The maximum absolute atomic E-state index is 11.9. The highest BCUT2D eigenvalue weighted by atomic mass is 16.5. The van der Waals surface area contributed by atoms with Gasteiger partial charge in [-0.3, -0.25) is 0 Å². The molecule has 1 amide bonds. The molecule has 0 saturated heterocycles. The number of pyridine rings is 1. The number of carbonyl (C=O) groups excluding carboxylic acids is 1. The molecule has 1 aromatic heterocycles. The number of nitrogens with one attached hydrogen (secondary N) is 1. The van der Waals surface area contributed by atoms with Crippen LogP contribution in [0.3, 0.4) is 0 Å². The number of rotatable bonds is 8. The van der Waals surface area contributed by atoms with Crippen molar-refractivity contribution in [2.45, 2.75) is 38.7 Å². The van der Waals surface area contributed by atoms with Crippen LogP contribution in [0.1, 0.15) is 31.1 Å². The molecule has 2 atom stereocenters. The number of hydrogen-bond acceptors (Lipinski definition) is 6. The Morgan fingerprint density at radius 2 is 1.92 bits per heavy atom. The van der Waals surface area contributed by atoms with Crippen molar-refractivity contribution in [2.75, 3.05) is 6.61 Å². The number of aliphatic hydroxyl groups is 2. The van der Waals surface area contributed by atoms with Gasteiger partial charge in [-0.2, -0.15) is 0 Å². The van der Waals surface area contributed by atoms with Crippen molar-refractivity contribution in [1.82, 2.24) is 10.3 Å².